The minimum absolute atomic E-state index is 0.160. The van der Waals surface area contributed by atoms with E-state index >= 15 is 0 Å². The number of aliphatic hydroxyl groups excluding tert-OH is 1. The number of likely N-dealkylation sites (tertiary alicyclic amines) is 1. The molecule has 1 aliphatic rings. The van der Waals surface area contributed by atoms with E-state index < -0.39 is 0 Å². The smallest absolute Gasteiger partial charge is 0.203 e. The zero-order chi connectivity index (χ0) is 27.4. The third-order valence-corrected chi connectivity index (χ3v) is 7.17. The summed E-state index contributed by atoms with van der Waals surface area (Å²) in [5.41, 5.74) is 5.95. The van der Waals surface area contributed by atoms with E-state index in [9.17, 15) is 10.4 Å². The number of ether oxygens (including phenoxy) is 3. The van der Waals surface area contributed by atoms with Gasteiger partial charge in [-0.1, -0.05) is 36.4 Å². The molecule has 8 heteroatoms. The number of nitrogens with zero attached hydrogens (tertiary/aromatic N) is 3. The molecule has 2 heterocycles. The van der Waals surface area contributed by atoms with E-state index in [0.717, 1.165) is 54.5 Å². The number of anilines is 2. The average molecular weight is 525 g/mol. The second-order valence-corrected chi connectivity index (χ2v) is 9.63. The first-order chi connectivity index (χ1) is 19.0. The number of nitriles is 1. The molecule has 0 amide bonds. The van der Waals surface area contributed by atoms with Gasteiger partial charge in [0.2, 0.25) is 5.75 Å². The Kier molecular flexibility index (Phi) is 7.82. The van der Waals surface area contributed by atoms with Gasteiger partial charge in [0.15, 0.2) is 11.5 Å². The standard InChI is InChI=1S/C31H32N4O4/c1-37-28-15-24(16-29(38-2)31(28)39-3)34-30-23(17-32)18-33-27-14-22(8-9-26(27)30)21-6-4-20(5-7-21)19-35-12-10-25(36)11-13-35/h4-9,14-16,18,25,36H,10-13,19H2,1-3H3,(H,33,34). The summed E-state index contributed by atoms with van der Waals surface area (Å²) >= 11 is 0. The van der Waals surface area contributed by atoms with Gasteiger partial charge in [-0.15, -0.1) is 0 Å². The fourth-order valence-electron chi connectivity index (χ4n) is 5.03. The van der Waals surface area contributed by atoms with Crippen molar-refractivity contribution in [2.24, 2.45) is 0 Å². The van der Waals surface area contributed by atoms with Crippen LogP contribution >= 0.6 is 0 Å². The summed E-state index contributed by atoms with van der Waals surface area (Å²) in [6.07, 6.45) is 3.11. The first kappa shape index (κ1) is 26.3. The number of benzene rings is 3. The van der Waals surface area contributed by atoms with Gasteiger partial charge in [0.25, 0.3) is 0 Å². The van der Waals surface area contributed by atoms with Crippen molar-refractivity contribution in [1.82, 2.24) is 9.88 Å². The highest BCUT2D eigenvalue weighted by atomic mass is 16.5. The van der Waals surface area contributed by atoms with Crippen LogP contribution in [0.3, 0.4) is 0 Å². The summed E-state index contributed by atoms with van der Waals surface area (Å²) < 4.78 is 16.4. The topological polar surface area (TPSA) is 99.9 Å². The third kappa shape index (κ3) is 5.60. The molecule has 0 unspecified atom stereocenters. The second kappa shape index (κ2) is 11.6. The summed E-state index contributed by atoms with van der Waals surface area (Å²) in [7, 11) is 4.69. The summed E-state index contributed by atoms with van der Waals surface area (Å²) in [5, 5.41) is 23.8. The molecule has 0 atom stereocenters. The van der Waals surface area contributed by atoms with Crippen molar-refractivity contribution in [1.29, 1.82) is 5.26 Å². The van der Waals surface area contributed by atoms with Crippen LogP contribution in [0.5, 0.6) is 17.2 Å². The van der Waals surface area contributed by atoms with E-state index in [0.29, 0.717) is 34.2 Å². The molecule has 8 nitrogen and oxygen atoms in total. The molecule has 39 heavy (non-hydrogen) atoms. The van der Waals surface area contributed by atoms with E-state index in [2.05, 4.69) is 45.5 Å². The van der Waals surface area contributed by atoms with Crippen LogP contribution in [-0.4, -0.2) is 55.5 Å². The van der Waals surface area contributed by atoms with Gasteiger partial charge in [-0.05, 0) is 35.6 Å². The van der Waals surface area contributed by atoms with Crippen LogP contribution in [0.15, 0.2) is 60.8 Å². The quantitative estimate of drug-likeness (QED) is 0.312. The van der Waals surface area contributed by atoms with E-state index in [-0.39, 0.29) is 6.10 Å². The molecule has 0 radical (unpaired) electrons. The zero-order valence-corrected chi connectivity index (χ0v) is 22.4. The SMILES string of the molecule is COc1cc(Nc2c(C#N)cnc3cc(-c4ccc(CN5CCC(O)CC5)cc4)ccc23)cc(OC)c1OC. The molecule has 1 aromatic heterocycles. The molecule has 0 bridgehead atoms. The first-order valence-electron chi connectivity index (χ1n) is 12.9. The Morgan fingerprint density at radius 1 is 0.949 bits per heavy atom. The lowest BCUT2D eigenvalue weighted by molar-refractivity contribution is 0.0792. The highest BCUT2D eigenvalue weighted by Gasteiger charge is 2.18. The van der Waals surface area contributed by atoms with Crippen molar-refractivity contribution in [2.75, 3.05) is 39.7 Å². The lowest BCUT2D eigenvalue weighted by Crippen LogP contribution is -2.35. The number of aliphatic hydroxyl groups is 1. The van der Waals surface area contributed by atoms with Gasteiger partial charge in [-0.2, -0.15) is 5.26 Å². The van der Waals surface area contributed by atoms with Gasteiger partial charge >= 0.3 is 0 Å². The third-order valence-electron chi connectivity index (χ3n) is 7.17. The predicted molar refractivity (Wildman–Crippen MR) is 152 cm³/mol. The van der Waals surface area contributed by atoms with E-state index in [1.54, 1.807) is 39.7 Å². The molecule has 2 N–H and O–H groups in total. The lowest BCUT2D eigenvalue weighted by atomic mass is 10.0. The Hall–Kier alpha value is -4.32. The molecular formula is C31H32N4O4. The van der Waals surface area contributed by atoms with E-state index in [1.807, 2.05) is 18.2 Å². The molecule has 200 valence electrons. The van der Waals surface area contributed by atoms with Crippen LogP contribution in [-0.2, 0) is 6.54 Å². The van der Waals surface area contributed by atoms with Crippen LogP contribution in [0, 0.1) is 11.3 Å². The van der Waals surface area contributed by atoms with Crippen LogP contribution in [0.2, 0.25) is 0 Å². The highest BCUT2D eigenvalue weighted by molar-refractivity contribution is 5.98. The van der Waals surface area contributed by atoms with Gasteiger partial charge in [0.1, 0.15) is 6.07 Å². The Bertz CT molecular complexity index is 1480. The lowest BCUT2D eigenvalue weighted by Gasteiger charge is -2.29. The molecule has 0 aliphatic carbocycles. The van der Waals surface area contributed by atoms with Gasteiger partial charge in [-0.25, -0.2) is 0 Å². The number of hydrogen-bond donors (Lipinski definition) is 2. The van der Waals surface area contributed by atoms with Crippen LogP contribution in [0.4, 0.5) is 11.4 Å². The van der Waals surface area contributed by atoms with Crippen molar-refractivity contribution in [2.45, 2.75) is 25.5 Å². The van der Waals surface area contributed by atoms with Crippen molar-refractivity contribution < 1.29 is 19.3 Å². The summed E-state index contributed by atoms with van der Waals surface area (Å²) in [6.45, 7) is 2.74. The number of piperidine rings is 1. The monoisotopic (exact) mass is 524 g/mol. The van der Waals surface area contributed by atoms with E-state index in [1.165, 1.54) is 5.56 Å². The molecule has 0 spiro atoms. The van der Waals surface area contributed by atoms with E-state index in [4.69, 9.17) is 14.2 Å². The number of fused-ring (bicyclic) bond motifs is 1. The Labute approximate surface area is 228 Å². The summed E-state index contributed by atoms with van der Waals surface area (Å²) in [5.74, 6) is 1.52. The minimum atomic E-state index is -0.160. The maximum absolute atomic E-state index is 9.81. The van der Waals surface area contributed by atoms with Crippen LogP contribution < -0.4 is 19.5 Å². The maximum atomic E-state index is 9.81. The predicted octanol–water partition coefficient (Wildman–Crippen LogP) is 5.50. The molecule has 4 aromatic rings. The molecule has 1 saturated heterocycles. The number of hydrogen-bond acceptors (Lipinski definition) is 8. The fraction of sp³-hybridized carbons (Fsp3) is 0.290. The van der Waals surface area contributed by atoms with Crippen molar-refractivity contribution in [3.05, 3.63) is 71.9 Å². The molecular weight excluding hydrogens is 492 g/mol. The maximum Gasteiger partial charge on any atom is 0.203 e. The minimum Gasteiger partial charge on any atom is -0.493 e. The molecule has 1 fully saturated rings. The van der Waals surface area contributed by atoms with Gasteiger partial charge in [-0.3, -0.25) is 9.88 Å². The molecule has 3 aromatic carbocycles. The van der Waals surface area contributed by atoms with Gasteiger partial charge < -0.3 is 24.6 Å². The number of methoxy groups -OCH3 is 3. The molecule has 1 aliphatic heterocycles. The van der Waals surface area contributed by atoms with Gasteiger partial charge in [0, 0.05) is 49.0 Å². The van der Waals surface area contributed by atoms with Gasteiger partial charge in [0.05, 0.1) is 44.2 Å². The van der Waals surface area contributed by atoms with Crippen molar-refractivity contribution >= 4 is 22.3 Å². The average Bonchev–Trinajstić information content (AvgIpc) is 2.98. The zero-order valence-electron chi connectivity index (χ0n) is 22.4. The van der Waals surface area contributed by atoms with Crippen LogP contribution in [0.1, 0.15) is 24.0 Å². The Morgan fingerprint density at radius 3 is 2.23 bits per heavy atom. The van der Waals surface area contributed by atoms with Crippen LogP contribution in [0.25, 0.3) is 22.0 Å². The summed E-state index contributed by atoms with van der Waals surface area (Å²) in [4.78, 5) is 6.96. The second-order valence-electron chi connectivity index (χ2n) is 9.63. The normalized spacial score (nSPS) is 14.1. The van der Waals surface area contributed by atoms with Crippen molar-refractivity contribution in [3.8, 4) is 34.4 Å². The Morgan fingerprint density at radius 2 is 1.62 bits per heavy atom. The fourth-order valence-corrected chi connectivity index (χ4v) is 5.03. The largest absolute Gasteiger partial charge is 0.493 e. The number of pyridine rings is 1. The molecule has 0 saturated carbocycles. The Balaban J connectivity index is 1.43. The number of aromatic nitrogens is 1. The van der Waals surface area contributed by atoms with Crippen molar-refractivity contribution in [3.63, 3.8) is 0 Å². The highest BCUT2D eigenvalue weighted by Crippen LogP contribution is 2.41. The first-order valence-corrected chi connectivity index (χ1v) is 12.9. The summed E-state index contributed by atoms with van der Waals surface area (Å²) in [6, 6.07) is 20.5. The number of rotatable bonds is 8. The molecule has 5 rings (SSSR count). The number of nitrogens with one attached hydrogen (secondary N) is 1.